The van der Waals surface area contributed by atoms with E-state index in [4.69, 9.17) is 16.7 Å². The van der Waals surface area contributed by atoms with Gasteiger partial charge in [-0.3, -0.25) is 4.79 Å². The highest BCUT2D eigenvalue weighted by molar-refractivity contribution is 6.30. The number of amides is 2. The second-order valence-corrected chi connectivity index (χ2v) is 4.40. The predicted octanol–water partition coefficient (Wildman–Crippen LogP) is 2.85. The lowest BCUT2D eigenvalue weighted by atomic mass is 10.1. The number of urea groups is 1. The lowest BCUT2D eigenvalue weighted by Gasteiger charge is -2.15. The minimum Gasteiger partial charge on any atom is -0.481 e. The van der Waals surface area contributed by atoms with Crippen molar-refractivity contribution in [1.82, 2.24) is 5.32 Å². The quantitative estimate of drug-likeness (QED) is 0.779. The van der Waals surface area contributed by atoms with Crippen LogP contribution < -0.4 is 10.6 Å². The number of hydrogen-bond donors (Lipinski definition) is 3. The van der Waals surface area contributed by atoms with E-state index in [-0.39, 0.29) is 17.1 Å². The van der Waals surface area contributed by atoms with Crippen molar-refractivity contribution < 1.29 is 19.1 Å². The van der Waals surface area contributed by atoms with Gasteiger partial charge in [0.15, 0.2) is 0 Å². The molecule has 0 saturated carbocycles. The van der Waals surface area contributed by atoms with Crippen LogP contribution in [0.3, 0.4) is 0 Å². The Morgan fingerprint density at radius 2 is 2.11 bits per heavy atom. The first-order valence-corrected chi connectivity index (χ1v) is 6.04. The van der Waals surface area contributed by atoms with E-state index in [9.17, 15) is 14.0 Å². The minimum atomic E-state index is -0.999. The maximum Gasteiger partial charge on any atom is 0.319 e. The molecule has 1 atom stereocenters. The van der Waals surface area contributed by atoms with Gasteiger partial charge in [0.1, 0.15) is 5.82 Å². The van der Waals surface area contributed by atoms with Gasteiger partial charge in [0, 0.05) is 16.8 Å². The summed E-state index contributed by atoms with van der Waals surface area (Å²) in [6, 6.07) is 2.53. The van der Waals surface area contributed by atoms with E-state index in [0.29, 0.717) is 6.42 Å². The van der Waals surface area contributed by atoms with Gasteiger partial charge in [-0.05, 0) is 24.6 Å². The van der Waals surface area contributed by atoms with Crippen LogP contribution in [0.25, 0.3) is 0 Å². The largest absolute Gasteiger partial charge is 0.481 e. The van der Waals surface area contributed by atoms with Crippen LogP contribution in [-0.4, -0.2) is 23.1 Å². The molecule has 2 amide bonds. The number of carbonyl (C=O) groups is 2. The molecule has 0 radical (unpaired) electrons. The standard InChI is InChI=1S/C12H14ClFN2O3/c1-2-9(6-11(17)18)15-12(19)16-10-4-7(13)3-8(14)5-10/h3-5,9H,2,6H2,1H3,(H,17,18)(H2,15,16,19). The molecule has 1 rings (SSSR count). The molecule has 0 aromatic heterocycles. The van der Waals surface area contributed by atoms with Crippen molar-refractivity contribution in [3.05, 3.63) is 29.0 Å². The summed E-state index contributed by atoms with van der Waals surface area (Å²) in [5.74, 6) is -1.57. The molecule has 0 saturated heterocycles. The summed E-state index contributed by atoms with van der Waals surface area (Å²) in [7, 11) is 0. The molecule has 3 N–H and O–H groups in total. The molecule has 0 fully saturated rings. The fourth-order valence-electron chi connectivity index (χ4n) is 1.49. The van der Waals surface area contributed by atoms with Crippen LogP contribution in [0.1, 0.15) is 19.8 Å². The van der Waals surface area contributed by atoms with Gasteiger partial charge in [0.2, 0.25) is 0 Å². The zero-order chi connectivity index (χ0) is 14.4. The number of benzene rings is 1. The maximum absolute atomic E-state index is 13.0. The number of aliphatic carboxylic acids is 1. The number of rotatable bonds is 5. The number of nitrogens with one attached hydrogen (secondary N) is 2. The van der Waals surface area contributed by atoms with Crippen LogP contribution in [0, 0.1) is 5.82 Å². The molecule has 0 spiro atoms. The number of carbonyl (C=O) groups excluding carboxylic acids is 1. The van der Waals surface area contributed by atoms with Gasteiger partial charge in [-0.1, -0.05) is 18.5 Å². The van der Waals surface area contributed by atoms with Crippen LogP contribution >= 0.6 is 11.6 Å². The highest BCUT2D eigenvalue weighted by atomic mass is 35.5. The van der Waals surface area contributed by atoms with Crippen LogP contribution in [0.4, 0.5) is 14.9 Å². The first-order valence-electron chi connectivity index (χ1n) is 5.66. The second kappa shape index (κ2) is 6.94. The maximum atomic E-state index is 13.0. The summed E-state index contributed by atoms with van der Waals surface area (Å²) in [5.41, 5.74) is 0.202. The van der Waals surface area contributed by atoms with E-state index < -0.39 is 23.9 Å². The third-order valence-electron chi connectivity index (χ3n) is 2.37. The summed E-state index contributed by atoms with van der Waals surface area (Å²) >= 11 is 5.65. The molecule has 5 nitrogen and oxygen atoms in total. The molecular formula is C12H14ClFN2O3. The SMILES string of the molecule is CCC(CC(=O)O)NC(=O)Nc1cc(F)cc(Cl)c1. The van der Waals surface area contributed by atoms with Crippen molar-refractivity contribution in [3.8, 4) is 0 Å². The van der Waals surface area contributed by atoms with Crippen molar-refractivity contribution >= 4 is 29.3 Å². The molecule has 104 valence electrons. The first kappa shape index (κ1) is 15.2. The van der Waals surface area contributed by atoms with Crippen LogP contribution in [0.2, 0.25) is 5.02 Å². The number of anilines is 1. The van der Waals surface area contributed by atoms with Crippen molar-refractivity contribution in [2.24, 2.45) is 0 Å². The number of hydrogen-bond acceptors (Lipinski definition) is 2. The average molecular weight is 289 g/mol. The lowest BCUT2D eigenvalue weighted by molar-refractivity contribution is -0.137. The number of halogens is 2. The number of carboxylic acid groups (broad SMARTS) is 1. The monoisotopic (exact) mass is 288 g/mol. The summed E-state index contributed by atoms with van der Waals surface area (Å²) in [6.45, 7) is 1.76. The van der Waals surface area contributed by atoms with E-state index >= 15 is 0 Å². The highest BCUT2D eigenvalue weighted by Crippen LogP contribution is 2.17. The summed E-state index contributed by atoms with van der Waals surface area (Å²) in [6.07, 6.45) is 0.303. The lowest BCUT2D eigenvalue weighted by Crippen LogP contribution is -2.38. The van der Waals surface area contributed by atoms with Crippen LogP contribution in [0.15, 0.2) is 18.2 Å². The molecule has 0 heterocycles. The van der Waals surface area contributed by atoms with E-state index in [1.165, 1.54) is 6.07 Å². The van der Waals surface area contributed by atoms with Gasteiger partial charge < -0.3 is 15.7 Å². The zero-order valence-electron chi connectivity index (χ0n) is 10.2. The Morgan fingerprint density at radius 3 is 2.63 bits per heavy atom. The fraction of sp³-hybridized carbons (Fsp3) is 0.333. The Morgan fingerprint density at radius 1 is 1.42 bits per heavy atom. The third kappa shape index (κ3) is 5.56. The molecule has 0 aliphatic heterocycles. The zero-order valence-corrected chi connectivity index (χ0v) is 11.0. The number of carboxylic acids is 1. The van der Waals surface area contributed by atoms with Gasteiger partial charge in [-0.25, -0.2) is 9.18 Å². The molecule has 7 heteroatoms. The minimum absolute atomic E-state index is 0.160. The van der Waals surface area contributed by atoms with E-state index in [1.807, 2.05) is 0 Å². The topological polar surface area (TPSA) is 78.4 Å². The molecule has 1 aromatic carbocycles. The average Bonchev–Trinajstić information content (AvgIpc) is 2.25. The van der Waals surface area contributed by atoms with Gasteiger partial charge in [-0.15, -0.1) is 0 Å². The van der Waals surface area contributed by atoms with Gasteiger partial charge in [0.25, 0.3) is 0 Å². The predicted molar refractivity (Wildman–Crippen MR) is 69.9 cm³/mol. The van der Waals surface area contributed by atoms with Crippen molar-refractivity contribution in [1.29, 1.82) is 0 Å². The van der Waals surface area contributed by atoms with E-state index in [0.717, 1.165) is 12.1 Å². The molecule has 0 aliphatic carbocycles. The van der Waals surface area contributed by atoms with Gasteiger partial charge in [0.05, 0.1) is 6.42 Å². The van der Waals surface area contributed by atoms with Gasteiger partial charge in [-0.2, -0.15) is 0 Å². The smallest absolute Gasteiger partial charge is 0.319 e. The van der Waals surface area contributed by atoms with Crippen LogP contribution in [-0.2, 0) is 4.79 Å². The molecule has 1 aromatic rings. The highest BCUT2D eigenvalue weighted by Gasteiger charge is 2.14. The second-order valence-electron chi connectivity index (χ2n) is 3.96. The van der Waals surface area contributed by atoms with E-state index in [1.54, 1.807) is 6.92 Å². The van der Waals surface area contributed by atoms with E-state index in [2.05, 4.69) is 10.6 Å². The Labute approximate surface area is 114 Å². The summed E-state index contributed by atoms with van der Waals surface area (Å²) < 4.78 is 13.0. The molecule has 0 bridgehead atoms. The molecule has 1 unspecified atom stereocenters. The Bertz CT molecular complexity index is 462. The fourth-order valence-corrected chi connectivity index (χ4v) is 1.71. The summed E-state index contributed by atoms with van der Waals surface area (Å²) in [4.78, 5) is 22.2. The van der Waals surface area contributed by atoms with Crippen LogP contribution in [0.5, 0.6) is 0 Å². The van der Waals surface area contributed by atoms with Crippen molar-refractivity contribution in [2.75, 3.05) is 5.32 Å². The van der Waals surface area contributed by atoms with Gasteiger partial charge >= 0.3 is 12.0 Å². The normalized spacial score (nSPS) is 11.7. The molecular weight excluding hydrogens is 275 g/mol. The Kier molecular flexibility index (Phi) is 5.57. The Hall–Kier alpha value is -1.82. The van der Waals surface area contributed by atoms with Crippen molar-refractivity contribution in [3.63, 3.8) is 0 Å². The summed E-state index contributed by atoms with van der Waals surface area (Å²) in [5, 5.41) is 13.7. The first-order chi connectivity index (χ1) is 8.90. The molecule has 19 heavy (non-hydrogen) atoms. The Balaban J connectivity index is 2.61. The van der Waals surface area contributed by atoms with Crippen molar-refractivity contribution in [2.45, 2.75) is 25.8 Å². The molecule has 0 aliphatic rings. The third-order valence-corrected chi connectivity index (χ3v) is 2.59.